The molecule has 1 aromatic rings. The van der Waals surface area contributed by atoms with E-state index in [2.05, 4.69) is 0 Å². The van der Waals surface area contributed by atoms with Crippen LogP contribution in [0.3, 0.4) is 0 Å². The maximum atomic E-state index is 5.38. The zero-order chi connectivity index (χ0) is 7.68. The Labute approximate surface area is 66.2 Å². The Bertz CT molecular complexity index is 235. The zero-order valence-electron chi connectivity index (χ0n) is 6.67. The van der Waals surface area contributed by atoms with Gasteiger partial charge in [0, 0.05) is 6.07 Å². The van der Waals surface area contributed by atoms with Gasteiger partial charge in [-0.1, -0.05) is 0 Å². The lowest BCUT2D eigenvalue weighted by atomic mass is 10.4. The molecule has 2 rings (SSSR count). The van der Waals surface area contributed by atoms with Crippen LogP contribution in [-0.2, 0) is 0 Å². The third kappa shape index (κ3) is 1.76. The van der Waals surface area contributed by atoms with Crippen LogP contribution in [-0.4, -0.2) is 6.61 Å². The van der Waals surface area contributed by atoms with Gasteiger partial charge in [0.05, 0.1) is 12.9 Å². The molecule has 1 aliphatic carbocycles. The first kappa shape index (κ1) is 6.77. The molecular weight excluding hydrogens is 140 g/mol. The van der Waals surface area contributed by atoms with E-state index in [-0.39, 0.29) is 0 Å². The molecule has 0 aromatic carbocycles. The van der Waals surface area contributed by atoms with Crippen LogP contribution < -0.4 is 4.74 Å². The second kappa shape index (κ2) is 2.61. The second-order valence-corrected chi connectivity index (χ2v) is 3.20. The van der Waals surface area contributed by atoms with Gasteiger partial charge in [-0.3, -0.25) is 0 Å². The number of hydrogen-bond acceptors (Lipinski definition) is 2. The standard InChI is InChI=1S/C9H12O2/c1-7-4-9(10-5-7)11-6-8-2-3-8/h4-5,8H,2-3,6H2,1H3. The minimum absolute atomic E-state index is 0.661. The Kier molecular flexibility index (Phi) is 1.60. The van der Waals surface area contributed by atoms with Crippen molar-refractivity contribution in [2.45, 2.75) is 19.8 Å². The molecule has 2 nitrogen and oxygen atoms in total. The molecule has 0 aliphatic heterocycles. The van der Waals surface area contributed by atoms with Gasteiger partial charge in [-0.2, -0.15) is 0 Å². The molecule has 60 valence electrons. The van der Waals surface area contributed by atoms with Crippen LogP contribution in [0.5, 0.6) is 5.95 Å². The van der Waals surface area contributed by atoms with Crippen LogP contribution in [0.1, 0.15) is 18.4 Å². The fraction of sp³-hybridized carbons (Fsp3) is 0.556. The number of rotatable bonds is 3. The topological polar surface area (TPSA) is 22.4 Å². The van der Waals surface area contributed by atoms with Gasteiger partial charge < -0.3 is 9.15 Å². The number of ether oxygens (including phenoxy) is 1. The molecule has 0 N–H and O–H groups in total. The Morgan fingerprint density at radius 2 is 2.45 bits per heavy atom. The van der Waals surface area contributed by atoms with Crippen molar-refractivity contribution in [3.8, 4) is 5.95 Å². The first-order chi connectivity index (χ1) is 5.34. The molecule has 1 fully saturated rings. The minimum Gasteiger partial charge on any atom is -0.465 e. The van der Waals surface area contributed by atoms with Crippen molar-refractivity contribution >= 4 is 0 Å². The SMILES string of the molecule is Cc1coc(OCC2CC2)c1. The van der Waals surface area contributed by atoms with E-state index in [0.29, 0.717) is 5.95 Å². The van der Waals surface area contributed by atoms with E-state index in [9.17, 15) is 0 Å². The molecule has 11 heavy (non-hydrogen) atoms. The Hall–Kier alpha value is -0.920. The molecule has 0 bridgehead atoms. The molecule has 2 heteroatoms. The van der Waals surface area contributed by atoms with E-state index in [0.717, 1.165) is 18.1 Å². The van der Waals surface area contributed by atoms with Gasteiger partial charge in [0.2, 0.25) is 0 Å². The normalized spacial score (nSPS) is 16.8. The van der Waals surface area contributed by atoms with Crippen LogP contribution in [0, 0.1) is 12.8 Å². The quantitative estimate of drug-likeness (QED) is 0.663. The van der Waals surface area contributed by atoms with E-state index in [4.69, 9.17) is 9.15 Å². The van der Waals surface area contributed by atoms with Gasteiger partial charge >= 0.3 is 0 Å². The van der Waals surface area contributed by atoms with Crippen LogP contribution in [0.25, 0.3) is 0 Å². The summed E-state index contributed by atoms with van der Waals surface area (Å²) in [7, 11) is 0. The lowest BCUT2D eigenvalue weighted by molar-refractivity contribution is 0.231. The van der Waals surface area contributed by atoms with Gasteiger partial charge in [0.25, 0.3) is 5.95 Å². The molecule has 0 spiro atoms. The summed E-state index contributed by atoms with van der Waals surface area (Å²) in [5.41, 5.74) is 1.12. The Morgan fingerprint density at radius 1 is 1.64 bits per heavy atom. The van der Waals surface area contributed by atoms with E-state index >= 15 is 0 Å². The molecule has 0 radical (unpaired) electrons. The minimum atomic E-state index is 0.661. The molecule has 0 saturated heterocycles. The summed E-state index contributed by atoms with van der Waals surface area (Å²) in [6, 6.07) is 1.92. The van der Waals surface area contributed by atoms with Crippen molar-refractivity contribution in [1.82, 2.24) is 0 Å². The van der Waals surface area contributed by atoms with E-state index in [1.165, 1.54) is 12.8 Å². The fourth-order valence-electron chi connectivity index (χ4n) is 0.965. The van der Waals surface area contributed by atoms with E-state index < -0.39 is 0 Å². The van der Waals surface area contributed by atoms with Crippen molar-refractivity contribution in [3.63, 3.8) is 0 Å². The second-order valence-electron chi connectivity index (χ2n) is 3.20. The van der Waals surface area contributed by atoms with Crippen molar-refractivity contribution in [1.29, 1.82) is 0 Å². The van der Waals surface area contributed by atoms with Gasteiger partial charge in [-0.15, -0.1) is 0 Å². The highest BCUT2D eigenvalue weighted by Crippen LogP contribution is 2.29. The summed E-state index contributed by atoms with van der Waals surface area (Å²) in [5, 5.41) is 0. The zero-order valence-corrected chi connectivity index (χ0v) is 6.67. The molecule has 0 amide bonds. The highest BCUT2D eigenvalue weighted by Gasteiger charge is 2.22. The third-order valence-corrected chi connectivity index (χ3v) is 1.86. The summed E-state index contributed by atoms with van der Waals surface area (Å²) in [5.74, 6) is 1.45. The molecule has 1 aromatic heterocycles. The highest BCUT2D eigenvalue weighted by atomic mass is 16.6. The molecule has 0 atom stereocenters. The van der Waals surface area contributed by atoms with Crippen molar-refractivity contribution in [3.05, 3.63) is 17.9 Å². The van der Waals surface area contributed by atoms with Crippen molar-refractivity contribution in [2.24, 2.45) is 5.92 Å². The Morgan fingerprint density at radius 3 is 3.00 bits per heavy atom. The first-order valence-corrected chi connectivity index (χ1v) is 4.02. The summed E-state index contributed by atoms with van der Waals surface area (Å²) < 4.78 is 10.5. The van der Waals surface area contributed by atoms with Crippen LogP contribution >= 0.6 is 0 Å². The maximum absolute atomic E-state index is 5.38. The van der Waals surface area contributed by atoms with Crippen LogP contribution in [0.2, 0.25) is 0 Å². The van der Waals surface area contributed by atoms with E-state index in [1.54, 1.807) is 6.26 Å². The summed E-state index contributed by atoms with van der Waals surface area (Å²) in [4.78, 5) is 0. The molecular formula is C9H12O2. The highest BCUT2D eigenvalue weighted by molar-refractivity contribution is 5.14. The third-order valence-electron chi connectivity index (χ3n) is 1.86. The van der Waals surface area contributed by atoms with Gasteiger partial charge in [0.1, 0.15) is 0 Å². The largest absolute Gasteiger partial charge is 0.465 e. The first-order valence-electron chi connectivity index (χ1n) is 4.02. The lowest BCUT2D eigenvalue weighted by Crippen LogP contribution is -1.97. The monoisotopic (exact) mass is 152 g/mol. The van der Waals surface area contributed by atoms with Gasteiger partial charge in [-0.25, -0.2) is 0 Å². The molecule has 1 aliphatic rings. The smallest absolute Gasteiger partial charge is 0.284 e. The average Bonchev–Trinajstić information content (AvgIpc) is 2.72. The lowest BCUT2D eigenvalue weighted by Gasteiger charge is -1.97. The molecule has 1 saturated carbocycles. The maximum Gasteiger partial charge on any atom is 0.284 e. The number of hydrogen-bond donors (Lipinski definition) is 0. The molecule has 1 heterocycles. The van der Waals surface area contributed by atoms with Gasteiger partial charge in [-0.05, 0) is 31.2 Å². The Balaban J connectivity index is 1.85. The van der Waals surface area contributed by atoms with E-state index in [1.807, 2.05) is 13.0 Å². The van der Waals surface area contributed by atoms with Gasteiger partial charge in [0.15, 0.2) is 0 Å². The van der Waals surface area contributed by atoms with Crippen molar-refractivity contribution in [2.75, 3.05) is 6.61 Å². The average molecular weight is 152 g/mol. The van der Waals surface area contributed by atoms with Crippen molar-refractivity contribution < 1.29 is 9.15 Å². The number of aryl methyl sites for hydroxylation is 1. The summed E-state index contributed by atoms with van der Waals surface area (Å²) >= 11 is 0. The van der Waals surface area contributed by atoms with Crippen LogP contribution in [0.15, 0.2) is 16.7 Å². The fourth-order valence-corrected chi connectivity index (χ4v) is 0.965. The predicted octanol–water partition coefficient (Wildman–Crippen LogP) is 2.38. The summed E-state index contributed by atoms with van der Waals surface area (Å²) in [6.07, 6.45) is 4.35. The predicted molar refractivity (Wildman–Crippen MR) is 41.7 cm³/mol. The summed E-state index contributed by atoms with van der Waals surface area (Å²) in [6.45, 7) is 2.82. The van der Waals surface area contributed by atoms with Crippen LogP contribution in [0.4, 0.5) is 0 Å². The molecule has 0 unspecified atom stereocenters. The number of furan rings is 1.